The Hall–Kier alpha value is -2.70. The summed E-state index contributed by atoms with van der Waals surface area (Å²) < 4.78 is 1.44. The summed E-state index contributed by atoms with van der Waals surface area (Å²) in [4.78, 5) is 17.6. The van der Waals surface area contributed by atoms with E-state index in [4.69, 9.17) is 0 Å². The normalized spacial score (nSPS) is 10.9. The van der Waals surface area contributed by atoms with Gasteiger partial charge in [-0.2, -0.15) is 4.68 Å². The van der Waals surface area contributed by atoms with Gasteiger partial charge in [0.25, 0.3) is 0 Å². The zero-order valence-corrected chi connectivity index (χ0v) is 9.49. The van der Waals surface area contributed by atoms with Gasteiger partial charge in [-0.25, -0.2) is 4.98 Å². The van der Waals surface area contributed by atoms with Crippen LogP contribution in [-0.4, -0.2) is 24.7 Å². The van der Waals surface area contributed by atoms with Gasteiger partial charge < -0.3 is 15.1 Å². The maximum atomic E-state index is 10.7. The number of hydrogen-bond acceptors (Lipinski definition) is 4. The zero-order chi connectivity index (χ0) is 12.7. The lowest BCUT2D eigenvalue weighted by atomic mass is 10.3. The summed E-state index contributed by atoms with van der Waals surface area (Å²) in [6.07, 6.45) is 0. The molecule has 0 atom stereocenters. The number of aromatic amines is 1. The summed E-state index contributed by atoms with van der Waals surface area (Å²) in [6.45, 7) is 0. The first-order chi connectivity index (χ1) is 8.65. The molecule has 0 saturated carbocycles. The first-order valence-corrected chi connectivity index (χ1v) is 5.29. The van der Waals surface area contributed by atoms with Gasteiger partial charge in [0.05, 0.1) is 29.2 Å². The maximum Gasteiger partial charge on any atom is 0.390 e. The zero-order valence-electron chi connectivity index (χ0n) is 9.49. The third kappa shape index (κ3) is 1.53. The Morgan fingerprint density at radius 1 is 1.39 bits per heavy atom. The largest absolute Gasteiger partial charge is 0.390 e. The first kappa shape index (κ1) is 10.5. The lowest BCUT2D eigenvalue weighted by Crippen LogP contribution is -1.95. The number of nitrogens with zero attached hydrogens (tertiary/aromatic N) is 4. The number of rotatable bonds is 2. The van der Waals surface area contributed by atoms with E-state index in [9.17, 15) is 10.1 Å². The molecule has 7 heteroatoms. The van der Waals surface area contributed by atoms with Crippen molar-refractivity contribution in [1.29, 1.82) is 0 Å². The Morgan fingerprint density at radius 2 is 2.17 bits per heavy atom. The third-order valence-electron chi connectivity index (χ3n) is 2.69. The highest BCUT2D eigenvalue weighted by Crippen LogP contribution is 2.23. The minimum absolute atomic E-state index is 0.187. The number of fused-ring (bicyclic) bond motifs is 1. The van der Waals surface area contributed by atoms with Crippen LogP contribution in [0.3, 0.4) is 0 Å². The summed E-state index contributed by atoms with van der Waals surface area (Å²) in [5.74, 6) is 0.382. The van der Waals surface area contributed by atoms with Crippen molar-refractivity contribution < 1.29 is 4.92 Å². The molecule has 0 radical (unpaired) electrons. The molecule has 0 spiro atoms. The smallest absolute Gasteiger partial charge is 0.358 e. The number of imidazole rings is 1. The van der Waals surface area contributed by atoms with Crippen LogP contribution < -0.4 is 0 Å². The van der Waals surface area contributed by atoms with Crippen molar-refractivity contribution in [3.63, 3.8) is 0 Å². The van der Waals surface area contributed by atoms with Crippen LogP contribution in [0.4, 0.5) is 5.82 Å². The Morgan fingerprint density at radius 3 is 2.83 bits per heavy atom. The Kier molecular flexibility index (Phi) is 2.12. The molecule has 0 bridgehead atoms. The van der Waals surface area contributed by atoms with E-state index < -0.39 is 4.92 Å². The minimum Gasteiger partial charge on any atom is -0.358 e. The van der Waals surface area contributed by atoms with Gasteiger partial charge in [0.1, 0.15) is 5.69 Å². The van der Waals surface area contributed by atoms with Crippen LogP contribution >= 0.6 is 0 Å². The molecule has 90 valence electrons. The number of nitrogens with one attached hydrogen (secondary N) is 1. The molecule has 0 aliphatic heterocycles. The highest BCUT2D eigenvalue weighted by atomic mass is 16.6. The molecule has 2 aromatic heterocycles. The van der Waals surface area contributed by atoms with Gasteiger partial charge in [-0.3, -0.25) is 0 Å². The van der Waals surface area contributed by atoms with Crippen LogP contribution in [0.2, 0.25) is 0 Å². The summed E-state index contributed by atoms with van der Waals surface area (Å²) in [5, 5.41) is 14.5. The number of benzene rings is 1. The molecular formula is C11H9N5O2. The summed E-state index contributed by atoms with van der Waals surface area (Å²) in [5.41, 5.74) is 2.28. The van der Waals surface area contributed by atoms with Gasteiger partial charge in [-0.1, -0.05) is 12.1 Å². The Bertz CT molecular complexity index is 710. The highest BCUT2D eigenvalue weighted by molar-refractivity contribution is 5.78. The molecule has 0 aliphatic rings. The van der Waals surface area contributed by atoms with Crippen LogP contribution in [0, 0.1) is 10.1 Å². The van der Waals surface area contributed by atoms with E-state index in [1.54, 1.807) is 7.05 Å². The molecule has 2 heterocycles. The lowest BCUT2D eigenvalue weighted by Gasteiger charge is -1.90. The molecule has 7 nitrogen and oxygen atoms in total. The van der Waals surface area contributed by atoms with Gasteiger partial charge in [-0.15, -0.1) is 0 Å². The van der Waals surface area contributed by atoms with Crippen LogP contribution in [0.1, 0.15) is 0 Å². The molecule has 0 amide bonds. The van der Waals surface area contributed by atoms with Gasteiger partial charge >= 0.3 is 5.82 Å². The van der Waals surface area contributed by atoms with Gasteiger partial charge in [0.2, 0.25) is 0 Å². The van der Waals surface area contributed by atoms with Crippen molar-refractivity contribution in [3.8, 4) is 11.5 Å². The van der Waals surface area contributed by atoms with E-state index in [1.807, 2.05) is 24.3 Å². The van der Waals surface area contributed by atoms with E-state index in [1.165, 1.54) is 10.7 Å². The SMILES string of the molecule is Cn1nc([N+](=O)[O-])cc1-c1nc2ccccc2[nH]1. The second-order valence-electron chi connectivity index (χ2n) is 3.87. The van der Waals surface area contributed by atoms with E-state index >= 15 is 0 Å². The molecule has 1 aromatic carbocycles. The minimum atomic E-state index is -0.522. The predicted octanol–water partition coefficient (Wildman–Crippen LogP) is 1.87. The van der Waals surface area contributed by atoms with E-state index in [2.05, 4.69) is 15.1 Å². The fourth-order valence-corrected chi connectivity index (χ4v) is 1.84. The summed E-state index contributed by atoms with van der Waals surface area (Å²) in [7, 11) is 1.65. The summed E-state index contributed by atoms with van der Waals surface area (Å²) >= 11 is 0. The van der Waals surface area contributed by atoms with E-state index in [0.717, 1.165) is 11.0 Å². The second kappa shape index (κ2) is 3.66. The molecule has 0 aliphatic carbocycles. The number of H-pyrrole nitrogens is 1. The molecule has 3 rings (SSSR count). The number of aryl methyl sites for hydroxylation is 1. The van der Waals surface area contributed by atoms with Crippen molar-refractivity contribution >= 4 is 16.9 Å². The van der Waals surface area contributed by atoms with Gasteiger partial charge in [0, 0.05) is 0 Å². The molecule has 3 aromatic rings. The lowest BCUT2D eigenvalue weighted by molar-refractivity contribution is -0.389. The molecule has 1 N–H and O–H groups in total. The van der Waals surface area contributed by atoms with Crippen LogP contribution in [0.25, 0.3) is 22.6 Å². The predicted molar refractivity (Wildman–Crippen MR) is 65.0 cm³/mol. The molecule has 0 saturated heterocycles. The molecule has 18 heavy (non-hydrogen) atoms. The van der Waals surface area contributed by atoms with Crippen molar-refractivity contribution in [3.05, 3.63) is 40.4 Å². The number of hydrogen-bond donors (Lipinski definition) is 1. The van der Waals surface area contributed by atoms with E-state index in [0.29, 0.717) is 11.5 Å². The van der Waals surface area contributed by atoms with Crippen LogP contribution in [0.15, 0.2) is 30.3 Å². The second-order valence-corrected chi connectivity index (χ2v) is 3.87. The highest BCUT2D eigenvalue weighted by Gasteiger charge is 2.19. The molecular weight excluding hydrogens is 234 g/mol. The van der Waals surface area contributed by atoms with E-state index in [-0.39, 0.29) is 5.82 Å². The average molecular weight is 243 g/mol. The van der Waals surface area contributed by atoms with Crippen LogP contribution in [-0.2, 0) is 7.05 Å². The average Bonchev–Trinajstić information content (AvgIpc) is 2.91. The van der Waals surface area contributed by atoms with Crippen molar-refractivity contribution in [2.75, 3.05) is 0 Å². The molecule has 0 unspecified atom stereocenters. The van der Waals surface area contributed by atoms with Crippen LogP contribution in [0.5, 0.6) is 0 Å². The topological polar surface area (TPSA) is 89.6 Å². The quantitative estimate of drug-likeness (QED) is 0.549. The van der Waals surface area contributed by atoms with Crippen molar-refractivity contribution in [2.45, 2.75) is 0 Å². The van der Waals surface area contributed by atoms with Gasteiger partial charge in [-0.05, 0) is 17.1 Å². The monoisotopic (exact) mass is 243 g/mol. The number of aromatic nitrogens is 4. The number of para-hydroxylation sites is 2. The Labute approximate surface area is 101 Å². The Balaban J connectivity index is 2.16. The summed E-state index contributed by atoms with van der Waals surface area (Å²) in [6, 6.07) is 8.96. The fraction of sp³-hybridized carbons (Fsp3) is 0.0909. The van der Waals surface area contributed by atoms with Crippen molar-refractivity contribution in [2.24, 2.45) is 7.05 Å². The van der Waals surface area contributed by atoms with Gasteiger partial charge in [0.15, 0.2) is 5.82 Å². The first-order valence-electron chi connectivity index (χ1n) is 5.29. The number of nitro groups is 1. The standard InChI is InChI=1S/C11H9N5O2/c1-15-9(6-10(14-15)16(17)18)11-12-7-4-2-3-5-8(7)13-11/h2-6H,1H3,(H,12,13). The van der Waals surface area contributed by atoms with Crippen molar-refractivity contribution in [1.82, 2.24) is 19.7 Å². The third-order valence-corrected chi connectivity index (χ3v) is 2.69. The fourth-order valence-electron chi connectivity index (χ4n) is 1.84. The maximum absolute atomic E-state index is 10.7. The molecule has 0 fully saturated rings.